The van der Waals surface area contributed by atoms with Crippen LogP contribution in [0.4, 0.5) is 0 Å². The van der Waals surface area contributed by atoms with Crippen molar-refractivity contribution in [2.24, 2.45) is 5.41 Å². The molecule has 1 aliphatic heterocycles. The molecule has 1 saturated heterocycles. The highest BCUT2D eigenvalue weighted by molar-refractivity contribution is 5.78. The second kappa shape index (κ2) is 5.21. The summed E-state index contributed by atoms with van der Waals surface area (Å²) in [5.41, 5.74) is 0.257. The first-order chi connectivity index (χ1) is 9.24. The second-order valence-electron chi connectivity index (χ2n) is 6.96. The Hall–Kier alpha value is -1.35. The number of ether oxygens (including phenoxy) is 1. The number of rotatable bonds is 2. The van der Waals surface area contributed by atoms with Crippen molar-refractivity contribution in [3.8, 4) is 0 Å². The fourth-order valence-electron chi connectivity index (χ4n) is 3.03. The summed E-state index contributed by atoms with van der Waals surface area (Å²) in [4.78, 5) is 14.9. The lowest BCUT2D eigenvalue weighted by Gasteiger charge is -2.34. The van der Waals surface area contributed by atoms with Crippen LogP contribution in [-0.2, 0) is 9.53 Å². The Kier molecular flexibility index (Phi) is 3.92. The molecule has 0 spiro atoms. The Labute approximate surface area is 121 Å². The van der Waals surface area contributed by atoms with Crippen molar-refractivity contribution >= 4 is 5.97 Å². The molecule has 0 aliphatic carbocycles. The minimum atomic E-state index is -0.483. The summed E-state index contributed by atoms with van der Waals surface area (Å²) in [6.07, 6.45) is 0.831. The van der Waals surface area contributed by atoms with Crippen LogP contribution in [0.5, 0.6) is 0 Å². The zero-order valence-electron chi connectivity index (χ0n) is 13.1. The molecule has 3 heteroatoms. The second-order valence-corrected chi connectivity index (χ2v) is 6.96. The predicted octanol–water partition coefficient (Wildman–Crippen LogP) is 3.41. The van der Waals surface area contributed by atoms with E-state index >= 15 is 0 Å². The first kappa shape index (κ1) is 15.0. The van der Waals surface area contributed by atoms with E-state index in [-0.39, 0.29) is 12.0 Å². The zero-order valence-corrected chi connectivity index (χ0v) is 13.1. The van der Waals surface area contributed by atoms with Gasteiger partial charge in [0.1, 0.15) is 5.60 Å². The molecule has 2 atom stereocenters. The van der Waals surface area contributed by atoms with Gasteiger partial charge in [-0.2, -0.15) is 0 Å². The number of hydrogen-bond acceptors (Lipinski definition) is 3. The first-order valence-electron chi connectivity index (χ1n) is 7.23. The standard InChI is InChI=1S/C17H25NO2/c1-16(2,3)20-15(19)17(4)11-12-18(5)14(17)13-9-7-6-8-10-13/h6-10,14H,11-12H2,1-5H3/t14-,17-/m1/s1. The molecule has 1 aromatic carbocycles. The summed E-state index contributed by atoms with van der Waals surface area (Å²) in [5, 5.41) is 0. The van der Waals surface area contributed by atoms with E-state index in [9.17, 15) is 4.79 Å². The number of esters is 1. The largest absolute Gasteiger partial charge is 0.459 e. The van der Waals surface area contributed by atoms with E-state index in [0.717, 1.165) is 13.0 Å². The molecule has 0 radical (unpaired) electrons. The van der Waals surface area contributed by atoms with Crippen LogP contribution in [0.3, 0.4) is 0 Å². The van der Waals surface area contributed by atoms with Crippen molar-refractivity contribution in [2.45, 2.75) is 45.8 Å². The SMILES string of the molecule is CN1CC[C@@](C)(C(=O)OC(C)(C)C)[C@H]1c1ccccc1. The molecule has 1 fully saturated rings. The number of nitrogens with zero attached hydrogens (tertiary/aromatic N) is 1. The predicted molar refractivity (Wildman–Crippen MR) is 80.4 cm³/mol. The molecule has 110 valence electrons. The van der Waals surface area contributed by atoms with E-state index < -0.39 is 11.0 Å². The maximum Gasteiger partial charge on any atom is 0.314 e. The topological polar surface area (TPSA) is 29.5 Å². The van der Waals surface area contributed by atoms with E-state index in [0.29, 0.717) is 0 Å². The molecular formula is C17H25NO2. The van der Waals surface area contributed by atoms with Gasteiger partial charge in [-0.05, 0) is 53.3 Å². The summed E-state index contributed by atoms with van der Waals surface area (Å²) < 4.78 is 5.66. The Morgan fingerprint density at radius 3 is 2.45 bits per heavy atom. The fourth-order valence-corrected chi connectivity index (χ4v) is 3.03. The third-order valence-corrected chi connectivity index (χ3v) is 4.01. The highest BCUT2D eigenvalue weighted by atomic mass is 16.6. The van der Waals surface area contributed by atoms with Crippen molar-refractivity contribution in [1.29, 1.82) is 0 Å². The Morgan fingerprint density at radius 1 is 1.30 bits per heavy atom. The number of hydrogen-bond donors (Lipinski definition) is 0. The van der Waals surface area contributed by atoms with Crippen LogP contribution < -0.4 is 0 Å². The molecule has 20 heavy (non-hydrogen) atoms. The zero-order chi connectivity index (χ0) is 15.0. The molecule has 0 unspecified atom stereocenters. The summed E-state index contributed by atoms with van der Waals surface area (Å²) >= 11 is 0. The third-order valence-electron chi connectivity index (χ3n) is 4.01. The maximum atomic E-state index is 12.7. The van der Waals surface area contributed by atoms with Gasteiger partial charge in [0.2, 0.25) is 0 Å². The van der Waals surface area contributed by atoms with Crippen LogP contribution in [-0.4, -0.2) is 30.1 Å². The van der Waals surface area contributed by atoms with Crippen LogP contribution >= 0.6 is 0 Å². The average Bonchev–Trinajstić information content (AvgIpc) is 2.66. The lowest BCUT2D eigenvalue weighted by atomic mass is 9.79. The normalized spacial score (nSPS) is 27.6. The first-order valence-corrected chi connectivity index (χ1v) is 7.23. The number of likely N-dealkylation sites (tertiary alicyclic amines) is 1. The Morgan fingerprint density at radius 2 is 1.90 bits per heavy atom. The van der Waals surface area contributed by atoms with Gasteiger partial charge in [-0.25, -0.2) is 0 Å². The lowest BCUT2D eigenvalue weighted by molar-refractivity contribution is -0.168. The summed E-state index contributed by atoms with van der Waals surface area (Å²) in [6.45, 7) is 8.71. The van der Waals surface area contributed by atoms with Crippen LogP contribution in [0.1, 0.15) is 45.7 Å². The Balaban J connectivity index is 2.31. The van der Waals surface area contributed by atoms with E-state index in [1.54, 1.807) is 0 Å². The van der Waals surface area contributed by atoms with E-state index in [4.69, 9.17) is 4.74 Å². The van der Waals surface area contributed by atoms with E-state index in [1.807, 2.05) is 45.9 Å². The highest BCUT2D eigenvalue weighted by Crippen LogP contribution is 2.47. The average molecular weight is 275 g/mol. The van der Waals surface area contributed by atoms with Gasteiger partial charge in [-0.3, -0.25) is 9.69 Å². The van der Waals surface area contributed by atoms with Crippen molar-refractivity contribution < 1.29 is 9.53 Å². The van der Waals surface area contributed by atoms with Gasteiger partial charge in [-0.15, -0.1) is 0 Å². The van der Waals surface area contributed by atoms with E-state index in [1.165, 1.54) is 5.56 Å². The monoisotopic (exact) mass is 275 g/mol. The molecule has 2 rings (SSSR count). The third kappa shape index (κ3) is 2.88. The van der Waals surface area contributed by atoms with Crippen LogP contribution in [0.2, 0.25) is 0 Å². The van der Waals surface area contributed by atoms with Gasteiger partial charge in [-0.1, -0.05) is 30.3 Å². The fraction of sp³-hybridized carbons (Fsp3) is 0.588. The van der Waals surface area contributed by atoms with Gasteiger partial charge < -0.3 is 4.74 Å². The molecule has 1 aromatic rings. The van der Waals surface area contributed by atoms with Crippen LogP contribution in [0, 0.1) is 5.41 Å². The van der Waals surface area contributed by atoms with Gasteiger partial charge >= 0.3 is 5.97 Å². The molecule has 1 aliphatic rings. The van der Waals surface area contributed by atoms with Crippen molar-refractivity contribution in [3.05, 3.63) is 35.9 Å². The molecule has 0 amide bonds. The quantitative estimate of drug-likeness (QED) is 0.775. The Bertz CT molecular complexity index is 478. The van der Waals surface area contributed by atoms with Crippen LogP contribution in [0.25, 0.3) is 0 Å². The van der Waals surface area contributed by atoms with Crippen molar-refractivity contribution in [3.63, 3.8) is 0 Å². The molecule has 3 nitrogen and oxygen atoms in total. The number of carbonyl (C=O) groups excluding carboxylic acids is 1. The lowest BCUT2D eigenvalue weighted by Crippen LogP contribution is -2.39. The number of benzene rings is 1. The molecule has 1 heterocycles. The minimum absolute atomic E-state index is 0.0820. The summed E-state index contributed by atoms with van der Waals surface area (Å²) in [7, 11) is 2.08. The van der Waals surface area contributed by atoms with Crippen LogP contribution in [0.15, 0.2) is 30.3 Å². The molecule has 0 aromatic heterocycles. The van der Waals surface area contributed by atoms with E-state index in [2.05, 4.69) is 24.1 Å². The van der Waals surface area contributed by atoms with Gasteiger partial charge in [0, 0.05) is 0 Å². The molecule has 0 N–H and O–H groups in total. The molecule has 0 bridgehead atoms. The van der Waals surface area contributed by atoms with Gasteiger partial charge in [0.05, 0.1) is 11.5 Å². The smallest absolute Gasteiger partial charge is 0.314 e. The van der Waals surface area contributed by atoms with Gasteiger partial charge in [0.15, 0.2) is 0 Å². The number of carbonyl (C=O) groups is 1. The van der Waals surface area contributed by atoms with Crippen molar-refractivity contribution in [2.75, 3.05) is 13.6 Å². The van der Waals surface area contributed by atoms with Crippen molar-refractivity contribution in [1.82, 2.24) is 4.90 Å². The highest BCUT2D eigenvalue weighted by Gasteiger charge is 2.50. The summed E-state index contributed by atoms with van der Waals surface area (Å²) in [6, 6.07) is 10.3. The molecular weight excluding hydrogens is 250 g/mol. The maximum absolute atomic E-state index is 12.7. The van der Waals surface area contributed by atoms with Gasteiger partial charge in [0.25, 0.3) is 0 Å². The minimum Gasteiger partial charge on any atom is -0.459 e. The summed E-state index contributed by atoms with van der Waals surface area (Å²) in [5.74, 6) is -0.0943. The molecule has 0 saturated carbocycles.